The van der Waals surface area contributed by atoms with Gasteiger partial charge in [-0.2, -0.15) is 0 Å². The number of hydroxylamine groups is 1. The highest BCUT2D eigenvalue weighted by molar-refractivity contribution is 6.34. The summed E-state index contributed by atoms with van der Waals surface area (Å²) in [5, 5.41) is 0.466. The molecule has 0 bridgehead atoms. The molecule has 1 N–H and O–H groups in total. The number of rotatable bonds is 4. The fraction of sp³-hybridized carbons (Fsp3) is 0.417. The number of carbonyl (C=O) groups excluding carboxylic acids is 1. The maximum absolute atomic E-state index is 11.7. The number of benzene rings is 1. The van der Waals surface area contributed by atoms with E-state index in [1.165, 1.54) is 0 Å². The molecule has 0 aliphatic heterocycles. The van der Waals surface area contributed by atoms with E-state index in [9.17, 15) is 4.79 Å². The summed E-state index contributed by atoms with van der Waals surface area (Å²) in [4.78, 5) is 16.7. The Hall–Kier alpha value is -1.06. The molecule has 0 aliphatic carbocycles. The van der Waals surface area contributed by atoms with Crippen LogP contribution in [0.2, 0.25) is 5.02 Å². The Morgan fingerprint density at radius 2 is 2.19 bits per heavy atom. The molecule has 0 heterocycles. The first-order valence-corrected chi connectivity index (χ1v) is 5.57. The maximum Gasteiger partial charge on any atom is 0.276 e. The third-order valence-corrected chi connectivity index (χ3v) is 2.52. The summed E-state index contributed by atoms with van der Waals surface area (Å²) in [5.74, 6) is 0.0580. The van der Waals surface area contributed by atoms with Crippen molar-refractivity contribution in [1.29, 1.82) is 0 Å². The van der Waals surface area contributed by atoms with Crippen LogP contribution in [0.25, 0.3) is 0 Å². The van der Waals surface area contributed by atoms with Crippen molar-refractivity contribution in [3.05, 3.63) is 34.3 Å². The lowest BCUT2D eigenvalue weighted by atomic mass is 10.1. The predicted molar refractivity (Wildman–Crippen MR) is 64.4 cm³/mol. The maximum atomic E-state index is 11.7. The Morgan fingerprint density at radius 1 is 1.50 bits per heavy atom. The summed E-state index contributed by atoms with van der Waals surface area (Å²) < 4.78 is 0. The van der Waals surface area contributed by atoms with Gasteiger partial charge in [-0.15, -0.1) is 0 Å². The first kappa shape index (κ1) is 13.0. The van der Waals surface area contributed by atoms with Gasteiger partial charge in [0.2, 0.25) is 0 Å². The largest absolute Gasteiger partial charge is 0.276 e. The molecule has 0 radical (unpaired) electrons. The van der Waals surface area contributed by atoms with Crippen molar-refractivity contribution in [2.24, 2.45) is 5.92 Å². The van der Waals surface area contributed by atoms with Gasteiger partial charge in [0.1, 0.15) is 0 Å². The first-order chi connectivity index (χ1) is 7.52. The fourth-order valence-electron chi connectivity index (χ4n) is 1.15. The molecular formula is C12H16ClNO2. The zero-order valence-corrected chi connectivity index (χ0v) is 10.5. The van der Waals surface area contributed by atoms with Crippen LogP contribution in [0, 0.1) is 12.8 Å². The second-order valence-corrected chi connectivity index (χ2v) is 4.45. The lowest BCUT2D eigenvalue weighted by Gasteiger charge is -2.09. The van der Waals surface area contributed by atoms with Crippen LogP contribution in [0.15, 0.2) is 18.2 Å². The standard InChI is InChI=1S/C12H16ClNO2/c1-8(2)7-16-14-12(15)10-6-4-5-9(3)11(10)13/h4-6,8H,7H2,1-3H3,(H,14,15). The lowest BCUT2D eigenvalue weighted by Crippen LogP contribution is -2.25. The number of hydrogen-bond donors (Lipinski definition) is 1. The number of hydrogen-bond acceptors (Lipinski definition) is 2. The number of aryl methyl sites for hydroxylation is 1. The van der Waals surface area contributed by atoms with Gasteiger partial charge in [0, 0.05) is 0 Å². The molecule has 1 aromatic rings. The van der Waals surface area contributed by atoms with Crippen molar-refractivity contribution >= 4 is 17.5 Å². The molecule has 3 nitrogen and oxygen atoms in total. The zero-order chi connectivity index (χ0) is 12.1. The number of carbonyl (C=O) groups is 1. The molecule has 16 heavy (non-hydrogen) atoms. The SMILES string of the molecule is Cc1cccc(C(=O)NOCC(C)C)c1Cl. The highest BCUT2D eigenvalue weighted by Crippen LogP contribution is 2.19. The molecule has 0 saturated carbocycles. The van der Waals surface area contributed by atoms with Crippen LogP contribution >= 0.6 is 11.6 Å². The summed E-state index contributed by atoms with van der Waals surface area (Å²) in [6.07, 6.45) is 0. The second kappa shape index (κ2) is 5.87. The average molecular weight is 242 g/mol. The summed E-state index contributed by atoms with van der Waals surface area (Å²) in [5.41, 5.74) is 3.68. The predicted octanol–water partition coefficient (Wildman–Crippen LogP) is 2.97. The molecule has 0 aromatic heterocycles. The molecule has 1 aromatic carbocycles. The van der Waals surface area contributed by atoms with Crippen molar-refractivity contribution in [2.45, 2.75) is 20.8 Å². The second-order valence-electron chi connectivity index (χ2n) is 4.07. The summed E-state index contributed by atoms with van der Waals surface area (Å²) in [6.45, 7) is 6.35. The van der Waals surface area contributed by atoms with Crippen LogP contribution in [-0.2, 0) is 4.84 Å². The molecule has 0 saturated heterocycles. The third-order valence-electron chi connectivity index (χ3n) is 2.02. The van der Waals surface area contributed by atoms with Gasteiger partial charge in [0.15, 0.2) is 0 Å². The molecule has 1 amide bonds. The summed E-state index contributed by atoms with van der Waals surface area (Å²) >= 11 is 6.01. The van der Waals surface area contributed by atoms with Crippen molar-refractivity contribution in [2.75, 3.05) is 6.61 Å². The van der Waals surface area contributed by atoms with Gasteiger partial charge in [-0.05, 0) is 24.5 Å². The molecule has 0 atom stereocenters. The summed E-state index contributed by atoms with van der Waals surface area (Å²) in [6, 6.07) is 5.32. The average Bonchev–Trinajstić information content (AvgIpc) is 2.21. The quantitative estimate of drug-likeness (QED) is 0.823. The van der Waals surface area contributed by atoms with Gasteiger partial charge < -0.3 is 0 Å². The Bertz CT molecular complexity index is 377. The van der Waals surface area contributed by atoms with Crippen molar-refractivity contribution in [3.63, 3.8) is 0 Å². The topological polar surface area (TPSA) is 38.3 Å². The smallest absolute Gasteiger partial charge is 0.273 e. The van der Waals surface area contributed by atoms with Crippen LogP contribution in [0.5, 0.6) is 0 Å². The van der Waals surface area contributed by atoms with Crippen LogP contribution in [0.3, 0.4) is 0 Å². The molecule has 4 heteroatoms. The van der Waals surface area contributed by atoms with Gasteiger partial charge in [-0.1, -0.05) is 37.6 Å². The van der Waals surface area contributed by atoms with Crippen LogP contribution in [-0.4, -0.2) is 12.5 Å². The van der Waals surface area contributed by atoms with E-state index in [2.05, 4.69) is 5.48 Å². The van der Waals surface area contributed by atoms with E-state index in [4.69, 9.17) is 16.4 Å². The number of amides is 1. The van der Waals surface area contributed by atoms with E-state index >= 15 is 0 Å². The van der Waals surface area contributed by atoms with Crippen LogP contribution < -0.4 is 5.48 Å². The molecule has 0 spiro atoms. The van der Waals surface area contributed by atoms with Gasteiger partial charge in [0.05, 0.1) is 17.2 Å². The van der Waals surface area contributed by atoms with Crippen molar-refractivity contribution in [3.8, 4) is 0 Å². The highest BCUT2D eigenvalue weighted by Gasteiger charge is 2.11. The minimum atomic E-state index is -0.311. The lowest BCUT2D eigenvalue weighted by molar-refractivity contribution is 0.0209. The van der Waals surface area contributed by atoms with E-state index in [1.54, 1.807) is 12.1 Å². The molecule has 88 valence electrons. The molecule has 0 fully saturated rings. The Morgan fingerprint density at radius 3 is 2.81 bits per heavy atom. The Balaban J connectivity index is 2.63. The van der Waals surface area contributed by atoms with Gasteiger partial charge >= 0.3 is 0 Å². The van der Waals surface area contributed by atoms with E-state index in [0.29, 0.717) is 23.1 Å². The van der Waals surface area contributed by atoms with E-state index in [0.717, 1.165) is 5.56 Å². The first-order valence-electron chi connectivity index (χ1n) is 5.19. The van der Waals surface area contributed by atoms with E-state index in [-0.39, 0.29) is 5.91 Å². The minimum Gasteiger partial charge on any atom is -0.273 e. The summed E-state index contributed by atoms with van der Waals surface area (Å²) in [7, 11) is 0. The van der Waals surface area contributed by atoms with E-state index < -0.39 is 0 Å². The Kier molecular flexibility index (Phi) is 4.77. The number of halogens is 1. The van der Waals surface area contributed by atoms with Gasteiger partial charge in [-0.3, -0.25) is 9.63 Å². The zero-order valence-electron chi connectivity index (χ0n) is 9.71. The normalized spacial score (nSPS) is 10.6. The highest BCUT2D eigenvalue weighted by atomic mass is 35.5. The van der Waals surface area contributed by atoms with Gasteiger partial charge in [0.25, 0.3) is 5.91 Å². The van der Waals surface area contributed by atoms with Gasteiger partial charge in [-0.25, -0.2) is 5.48 Å². The number of nitrogens with one attached hydrogen (secondary N) is 1. The van der Waals surface area contributed by atoms with Crippen LogP contribution in [0.1, 0.15) is 29.8 Å². The van der Waals surface area contributed by atoms with Crippen molar-refractivity contribution < 1.29 is 9.63 Å². The molecule has 0 aliphatic rings. The molecule has 0 unspecified atom stereocenters. The minimum absolute atomic E-state index is 0.311. The molecule has 1 rings (SSSR count). The Labute approximate surface area is 101 Å². The van der Waals surface area contributed by atoms with E-state index in [1.807, 2.05) is 26.8 Å². The molecular weight excluding hydrogens is 226 g/mol. The van der Waals surface area contributed by atoms with Crippen molar-refractivity contribution in [1.82, 2.24) is 5.48 Å². The monoisotopic (exact) mass is 241 g/mol. The van der Waals surface area contributed by atoms with Crippen LogP contribution in [0.4, 0.5) is 0 Å². The fourth-order valence-corrected chi connectivity index (χ4v) is 1.36. The third kappa shape index (κ3) is 3.51.